The normalized spacial score (nSPS) is 16.2. The van der Waals surface area contributed by atoms with Crippen molar-refractivity contribution in [3.63, 3.8) is 0 Å². The number of rotatable bonds is 4. The monoisotopic (exact) mass is 279 g/mol. The lowest BCUT2D eigenvalue weighted by Crippen LogP contribution is -2.11. The van der Waals surface area contributed by atoms with Crippen LogP contribution in [0.4, 0.5) is 5.69 Å². The van der Waals surface area contributed by atoms with Crippen molar-refractivity contribution in [1.82, 2.24) is 0 Å². The van der Waals surface area contributed by atoms with Gasteiger partial charge in [0.15, 0.2) is 0 Å². The highest BCUT2D eigenvalue weighted by Gasteiger charge is 2.32. The van der Waals surface area contributed by atoms with Gasteiger partial charge in [-0.05, 0) is 53.1 Å². The highest BCUT2D eigenvalue weighted by Crippen LogP contribution is 2.44. The first-order valence-electron chi connectivity index (χ1n) is 7.19. The van der Waals surface area contributed by atoms with E-state index in [4.69, 9.17) is 0 Å². The second-order valence-electron chi connectivity index (χ2n) is 5.54. The maximum absolute atomic E-state index is 3.75. The van der Waals surface area contributed by atoms with E-state index in [1.807, 2.05) is 11.3 Å². The Hall–Kier alpha value is -1.80. The third-order valence-electron chi connectivity index (χ3n) is 4.01. The molecular weight excluding hydrogens is 262 g/mol. The summed E-state index contributed by atoms with van der Waals surface area (Å²) < 4.78 is 0. The molecule has 1 N–H and O–H groups in total. The molecule has 0 spiro atoms. The molecule has 1 aliphatic rings. The molecule has 100 valence electrons. The summed E-state index contributed by atoms with van der Waals surface area (Å²) in [7, 11) is 0. The van der Waals surface area contributed by atoms with Crippen LogP contribution in [0.15, 0.2) is 60.0 Å². The molecule has 2 aromatic carbocycles. The van der Waals surface area contributed by atoms with Gasteiger partial charge < -0.3 is 5.32 Å². The fourth-order valence-corrected chi connectivity index (χ4v) is 3.65. The van der Waals surface area contributed by atoms with Crippen LogP contribution in [0.3, 0.4) is 0 Å². The van der Waals surface area contributed by atoms with E-state index in [2.05, 4.69) is 65.3 Å². The number of hydrogen-bond acceptors (Lipinski definition) is 2. The van der Waals surface area contributed by atoms with Gasteiger partial charge >= 0.3 is 0 Å². The summed E-state index contributed by atoms with van der Waals surface area (Å²) in [6.07, 6.45) is 2.70. The van der Waals surface area contributed by atoms with Gasteiger partial charge in [-0.1, -0.05) is 36.4 Å². The average molecular weight is 279 g/mol. The third kappa shape index (κ3) is 2.32. The van der Waals surface area contributed by atoms with Crippen molar-refractivity contribution in [2.75, 3.05) is 5.32 Å². The summed E-state index contributed by atoms with van der Waals surface area (Å²) in [5.74, 6) is 0.806. The van der Waals surface area contributed by atoms with Crippen LogP contribution >= 0.6 is 11.3 Å². The Morgan fingerprint density at radius 2 is 1.80 bits per heavy atom. The van der Waals surface area contributed by atoms with Crippen LogP contribution in [0.2, 0.25) is 0 Å². The molecule has 0 saturated heterocycles. The Kier molecular flexibility index (Phi) is 2.96. The molecule has 0 aliphatic heterocycles. The largest absolute Gasteiger partial charge is 0.377 e. The first-order chi connectivity index (χ1) is 9.90. The van der Waals surface area contributed by atoms with Crippen molar-refractivity contribution in [3.05, 3.63) is 64.9 Å². The lowest BCUT2D eigenvalue weighted by atomic mass is 10.1. The maximum atomic E-state index is 3.75. The minimum absolute atomic E-state index is 0.483. The fourth-order valence-electron chi connectivity index (χ4n) is 2.78. The minimum atomic E-state index is 0.483. The van der Waals surface area contributed by atoms with Crippen LogP contribution in [0, 0.1) is 5.92 Å². The predicted octanol–water partition coefficient (Wildman–Crippen LogP) is 5.46. The lowest BCUT2D eigenvalue weighted by Gasteiger charge is -2.18. The molecule has 2 heteroatoms. The molecule has 0 bridgehead atoms. The maximum Gasteiger partial charge on any atom is 0.0634 e. The van der Waals surface area contributed by atoms with Gasteiger partial charge in [0.2, 0.25) is 0 Å². The summed E-state index contributed by atoms with van der Waals surface area (Å²) in [4.78, 5) is 1.46. The average Bonchev–Trinajstić information content (AvgIpc) is 3.19. The second-order valence-corrected chi connectivity index (χ2v) is 6.52. The highest BCUT2D eigenvalue weighted by atomic mass is 32.1. The molecule has 1 saturated carbocycles. The zero-order valence-corrected chi connectivity index (χ0v) is 12.1. The molecule has 20 heavy (non-hydrogen) atoms. The highest BCUT2D eigenvalue weighted by molar-refractivity contribution is 7.10. The smallest absolute Gasteiger partial charge is 0.0634 e. The number of thiophene rings is 1. The van der Waals surface area contributed by atoms with Gasteiger partial charge in [0.1, 0.15) is 0 Å². The first-order valence-corrected chi connectivity index (χ1v) is 8.07. The van der Waals surface area contributed by atoms with Crippen molar-refractivity contribution in [3.8, 4) is 0 Å². The molecule has 1 aromatic heterocycles. The van der Waals surface area contributed by atoms with Gasteiger partial charge in [0.05, 0.1) is 6.04 Å². The van der Waals surface area contributed by atoms with Crippen LogP contribution in [-0.4, -0.2) is 0 Å². The Morgan fingerprint density at radius 3 is 2.55 bits per heavy atom. The molecular formula is C18H17NS. The minimum Gasteiger partial charge on any atom is -0.377 e. The lowest BCUT2D eigenvalue weighted by molar-refractivity contribution is 0.691. The first kappa shape index (κ1) is 12.0. The van der Waals surface area contributed by atoms with Crippen LogP contribution in [0.5, 0.6) is 0 Å². The molecule has 1 unspecified atom stereocenters. The van der Waals surface area contributed by atoms with Crippen molar-refractivity contribution in [2.24, 2.45) is 5.92 Å². The molecule has 4 rings (SSSR count). The molecule has 0 amide bonds. The van der Waals surface area contributed by atoms with E-state index in [0.717, 1.165) is 5.92 Å². The SMILES string of the molecule is c1csc(C(Nc2ccc3ccccc3c2)C2CC2)c1. The third-order valence-corrected chi connectivity index (χ3v) is 4.97. The van der Waals surface area contributed by atoms with Gasteiger partial charge in [-0.15, -0.1) is 11.3 Å². The van der Waals surface area contributed by atoms with E-state index in [9.17, 15) is 0 Å². The molecule has 1 nitrogen and oxygen atoms in total. The van der Waals surface area contributed by atoms with E-state index in [1.165, 1.54) is 34.2 Å². The standard InChI is InChI=1S/C18H17NS/c1-2-5-15-12-16(10-9-13(15)4-1)19-18(14-7-8-14)17-6-3-11-20-17/h1-6,9-12,14,18-19H,7-8H2. The van der Waals surface area contributed by atoms with E-state index < -0.39 is 0 Å². The van der Waals surface area contributed by atoms with Gasteiger partial charge in [0.25, 0.3) is 0 Å². The molecule has 1 aliphatic carbocycles. The van der Waals surface area contributed by atoms with Crippen molar-refractivity contribution >= 4 is 27.8 Å². The van der Waals surface area contributed by atoms with E-state index >= 15 is 0 Å². The zero-order valence-electron chi connectivity index (χ0n) is 11.3. The van der Waals surface area contributed by atoms with Crippen molar-refractivity contribution in [1.29, 1.82) is 0 Å². The molecule has 1 fully saturated rings. The topological polar surface area (TPSA) is 12.0 Å². The van der Waals surface area contributed by atoms with Gasteiger partial charge in [-0.25, -0.2) is 0 Å². The predicted molar refractivity (Wildman–Crippen MR) is 87.4 cm³/mol. The molecule has 0 radical (unpaired) electrons. The number of benzene rings is 2. The van der Waals surface area contributed by atoms with Crippen molar-refractivity contribution in [2.45, 2.75) is 18.9 Å². The Morgan fingerprint density at radius 1 is 0.950 bits per heavy atom. The van der Waals surface area contributed by atoms with Crippen LogP contribution in [-0.2, 0) is 0 Å². The van der Waals surface area contributed by atoms with Crippen LogP contribution in [0.1, 0.15) is 23.8 Å². The summed E-state index contributed by atoms with van der Waals surface area (Å²) in [5, 5.41) is 8.53. The van der Waals surface area contributed by atoms with Gasteiger partial charge in [0, 0.05) is 10.6 Å². The molecule has 1 atom stereocenters. The van der Waals surface area contributed by atoms with Crippen molar-refractivity contribution < 1.29 is 0 Å². The van der Waals surface area contributed by atoms with E-state index in [0.29, 0.717) is 6.04 Å². The van der Waals surface area contributed by atoms with Crippen LogP contribution < -0.4 is 5.32 Å². The van der Waals surface area contributed by atoms with Crippen LogP contribution in [0.25, 0.3) is 10.8 Å². The van der Waals surface area contributed by atoms with Gasteiger partial charge in [-0.3, -0.25) is 0 Å². The second kappa shape index (κ2) is 4.95. The molecule has 1 heterocycles. The van der Waals surface area contributed by atoms with Gasteiger partial charge in [-0.2, -0.15) is 0 Å². The summed E-state index contributed by atoms with van der Waals surface area (Å²) in [6, 6.07) is 20.1. The zero-order chi connectivity index (χ0) is 13.4. The Bertz CT molecular complexity index is 713. The summed E-state index contributed by atoms with van der Waals surface area (Å²) in [6.45, 7) is 0. The van der Waals surface area contributed by atoms with E-state index in [-0.39, 0.29) is 0 Å². The molecule has 3 aromatic rings. The quantitative estimate of drug-likeness (QED) is 0.668. The summed E-state index contributed by atoms with van der Waals surface area (Å²) in [5.41, 5.74) is 1.23. The fraction of sp³-hybridized carbons (Fsp3) is 0.222. The Labute approximate surface area is 123 Å². The number of nitrogens with one attached hydrogen (secondary N) is 1. The number of fused-ring (bicyclic) bond motifs is 1. The van der Waals surface area contributed by atoms with E-state index in [1.54, 1.807) is 0 Å². The summed E-state index contributed by atoms with van der Waals surface area (Å²) >= 11 is 1.86. The number of hydrogen-bond donors (Lipinski definition) is 1. The Balaban J connectivity index is 1.65. The number of anilines is 1.